The van der Waals surface area contributed by atoms with Crippen LogP contribution in [0.3, 0.4) is 0 Å². The molecule has 1 aromatic rings. The summed E-state index contributed by atoms with van der Waals surface area (Å²) in [6, 6.07) is 6.08. The highest BCUT2D eigenvalue weighted by atomic mass is 32.2. The van der Waals surface area contributed by atoms with E-state index >= 15 is 0 Å². The standard InChI is InChI=1S/C28H44N4O5S/c1-4-5-17-32-26(34)24(25(33)22-9-7-6-8-10-22)29-27(35)28(32)15-18-31(19-16-28)20-21-11-13-23(14-12-21)38(36,37)30(2)3/h11-14,22,24-25,33H,4-10,15-20H2,1-3H3,(H,29,35)/t24-,25-/m1/s1. The van der Waals surface area contributed by atoms with Gasteiger partial charge in [0.05, 0.1) is 11.0 Å². The summed E-state index contributed by atoms with van der Waals surface area (Å²) in [5.41, 5.74) is 0.121. The van der Waals surface area contributed by atoms with Gasteiger partial charge in [-0.25, -0.2) is 12.7 Å². The number of carbonyl (C=O) groups is 2. The normalized spacial score (nSPS) is 24.1. The molecule has 1 spiro atoms. The first kappa shape index (κ1) is 29.0. The lowest BCUT2D eigenvalue weighted by Gasteiger charge is -2.52. The highest BCUT2D eigenvalue weighted by Crippen LogP contribution is 2.36. The van der Waals surface area contributed by atoms with Crippen LogP contribution in [0.4, 0.5) is 0 Å². The zero-order chi connectivity index (χ0) is 27.5. The second-order valence-electron chi connectivity index (χ2n) is 11.4. The molecule has 0 radical (unpaired) electrons. The number of unbranched alkanes of at least 4 members (excludes halogenated alkanes) is 1. The van der Waals surface area contributed by atoms with Crippen LogP contribution < -0.4 is 5.32 Å². The van der Waals surface area contributed by atoms with Gasteiger partial charge in [-0.15, -0.1) is 0 Å². The lowest BCUT2D eigenvalue weighted by Crippen LogP contribution is -2.75. The minimum Gasteiger partial charge on any atom is -0.390 e. The van der Waals surface area contributed by atoms with Gasteiger partial charge in [-0.2, -0.15) is 0 Å². The molecule has 2 N–H and O–H groups in total. The molecule has 1 saturated carbocycles. The van der Waals surface area contributed by atoms with Crippen molar-refractivity contribution >= 4 is 21.8 Å². The van der Waals surface area contributed by atoms with Gasteiger partial charge in [-0.05, 0) is 55.7 Å². The van der Waals surface area contributed by atoms with Crippen molar-refractivity contribution in [1.29, 1.82) is 0 Å². The third kappa shape index (κ3) is 5.78. The maximum Gasteiger partial charge on any atom is 0.248 e. The molecule has 10 heteroatoms. The molecule has 1 aromatic carbocycles. The third-order valence-corrected chi connectivity index (χ3v) is 10.6. The van der Waals surface area contributed by atoms with E-state index in [2.05, 4.69) is 17.1 Å². The molecule has 212 valence electrons. The summed E-state index contributed by atoms with van der Waals surface area (Å²) in [6.45, 7) is 4.55. The molecule has 3 aliphatic rings. The van der Waals surface area contributed by atoms with Crippen LogP contribution in [-0.4, -0.2) is 90.9 Å². The first-order valence-corrected chi connectivity index (χ1v) is 15.6. The van der Waals surface area contributed by atoms with Crippen molar-refractivity contribution < 1.29 is 23.1 Å². The second kappa shape index (κ2) is 12.0. The summed E-state index contributed by atoms with van der Waals surface area (Å²) in [4.78, 5) is 31.7. The molecule has 0 aromatic heterocycles. The quantitative estimate of drug-likeness (QED) is 0.490. The Balaban J connectivity index is 1.44. The van der Waals surface area contributed by atoms with E-state index in [1.54, 1.807) is 17.0 Å². The van der Waals surface area contributed by atoms with Crippen LogP contribution in [0.1, 0.15) is 70.3 Å². The van der Waals surface area contributed by atoms with E-state index in [0.29, 0.717) is 39.0 Å². The number of sulfonamides is 1. The highest BCUT2D eigenvalue weighted by Gasteiger charge is 2.55. The molecule has 0 bridgehead atoms. The van der Waals surface area contributed by atoms with Crippen LogP contribution in [0.2, 0.25) is 0 Å². The van der Waals surface area contributed by atoms with Crippen LogP contribution >= 0.6 is 0 Å². The molecule has 2 aliphatic heterocycles. The Hall–Kier alpha value is -2.01. The second-order valence-corrected chi connectivity index (χ2v) is 13.6. The van der Waals surface area contributed by atoms with Crippen LogP contribution in [0, 0.1) is 5.92 Å². The van der Waals surface area contributed by atoms with Crippen LogP contribution in [0.15, 0.2) is 29.2 Å². The fraction of sp³-hybridized carbons (Fsp3) is 0.714. The fourth-order valence-electron chi connectivity index (χ4n) is 6.27. The predicted molar refractivity (Wildman–Crippen MR) is 146 cm³/mol. The number of benzene rings is 1. The van der Waals surface area contributed by atoms with Gasteiger partial charge < -0.3 is 15.3 Å². The third-order valence-electron chi connectivity index (χ3n) is 8.76. The Morgan fingerprint density at radius 1 is 1.08 bits per heavy atom. The van der Waals surface area contributed by atoms with Gasteiger partial charge in [0.2, 0.25) is 21.8 Å². The van der Waals surface area contributed by atoms with E-state index in [-0.39, 0.29) is 22.6 Å². The van der Waals surface area contributed by atoms with Gasteiger partial charge in [0.25, 0.3) is 0 Å². The predicted octanol–water partition coefficient (Wildman–Crippen LogP) is 2.34. The summed E-state index contributed by atoms with van der Waals surface area (Å²) in [5, 5.41) is 14.1. The van der Waals surface area contributed by atoms with E-state index in [1.165, 1.54) is 18.4 Å². The molecule has 38 heavy (non-hydrogen) atoms. The van der Waals surface area contributed by atoms with Gasteiger partial charge in [0.1, 0.15) is 11.6 Å². The maximum atomic E-state index is 13.8. The lowest BCUT2D eigenvalue weighted by atomic mass is 9.78. The SMILES string of the molecule is CCCCN1C(=O)[C@@H]([C@H](O)C2CCCCC2)NC(=O)C12CCN(Cc1ccc(S(=O)(=O)N(C)C)cc1)CC2. The minimum absolute atomic E-state index is 0.0565. The molecule has 3 fully saturated rings. The molecule has 9 nitrogen and oxygen atoms in total. The summed E-state index contributed by atoms with van der Waals surface area (Å²) >= 11 is 0. The summed E-state index contributed by atoms with van der Waals surface area (Å²) in [5.74, 6) is -0.214. The first-order chi connectivity index (χ1) is 18.1. The van der Waals surface area contributed by atoms with E-state index in [0.717, 1.165) is 50.5 Å². The number of aliphatic hydroxyl groups is 1. The number of likely N-dealkylation sites (tertiary alicyclic amines) is 1. The monoisotopic (exact) mass is 548 g/mol. The van der Waals surface area contributed by atoms with Gasteiger partial charge in [0, 0.05) is 40.3 Å². The van der Waals surface area contributed by atoms with Gasteiger partial charge in [-0.3, -0.25) is 14.5 Å². The van der Waals surface area contributed by atoms with Crippen LogP contribution in [-0.2, 0) is 26.2 Å². The molecule has 1 aliphatic carbocycles. The van der Waals surface area contributed by atoms with Gasteiger partial charge in [-0.1, -0.05) is 44.7 Å². The minimum atomic E-state index is -3.47. The molecule has 2 heterocycles. The number of piperidine rings is 1. The van der Waals surface area contributed by atoms with Crippen LogP contribution in [0.25, 0.3) is 0 Å². The number of amides is 2. The highest BCUT2D eigenvalue weighted by molar-refractivity contribution is 7.89. The van der Waals surface area contributed by atoms with Crippen LogP contribution in [0.5, 0.6) is 0 Å². The number of nitrogens with zero attached hydrogens (tertiary/aromatic N) is 3. The Morgan fingerprint density at radius 2 is 1.71 bits per heavy atom. The number of aliphatic hydroxyl groups excluding tert-OH is 1. The summed E-state index contributed by atoms with van der Waals surface area (Å²) in [7, 11) is -0.438. The van der Waals surface area contributed by atoms with Gasteiger partial charge >= 0.3 is 0 Å². The average Bonchev–Trinajstić information content (AvgIpc) is 2.92. The zero-order valence-corrected chi connectivity index (χ0v) is 23.9. The van der Waals surface area contributed by atoms with Crippen molar-refractivity contribution in [1.82, 2.24) is 19.4 Å². The van der Waals surface area contributed by atoms with E-state index in [4.69, 9.17) is 0 Å². The largest absolute Gasteiger partial charge is 0.390 e. The van der Waals surface area contributed by atoms with Crippen molar-refractivity contribution in [2.75, 3.05) is 33.7 Å². The number of carbonyl (C=O) groups excluding carboxylic acids is 2. The lowest BCUT2D eigenvalue weighted by molar-refractivity contribution is -0.166. The summed E-state index contributed by atoms with van der Waals surface area (Å²) in [6.07, 6.45) is 7.05. The number of hydrogen-bond acceptors (Lipinski definition) is 6. The number of hydrogen-bond donors (Lipinski definition) is 2. The summed E-state index contributed by atoms with van der Waals surface area (Å²) < 4.78 is 25.9. The molecular weight excluding hydrogens is 504 g/mol. The van der Waals surface area contributed by atoms with Crippen molar-refractivity contribution in [2.24, 2.45) is 5.92 Å². The topological polar surface area (TPSA) is 110 Å². The first-order valence-electron chi connectivity index (χ1n) is 14.1. The van der Waals surface area contributed by atoms with Crippen molar-refractivity contribution in [2.45, 2.75) is 93.8 Å². The average molecular weight is 549 g/mol. The van der Waals surface area contributed by atoms with Crippen molar-refractivity contribution in [3.05, 3.63) is 29.8 Å². The zero-order valence-electron chi connectivity index (χ0n) is 23.1. The fourth-order valence-corrected chi connectivity index (χ4v) is 7.17. The van der Waals surface area contributed by atoms with Crippen molar-refractivity contribution in [3.63, 3.8) is 0 Å². The molecule has 4 rings (SSSR count). The van der Waals surface area contributed by atoms with Gasteiger partial charge in [0.15, 0.2) is 0 Å². The van der Waals surface area contributed by atoms with E-state index in [9.17, 15) is 23.1 Å². The Labute approximate surface area is 227 Å². The Morgan fingerprint density at radius 3 is 2.29 bits per heavy atom. The molecule has 2 saturated heterocycles. The molecule has 0 unspecified atom stereocenters. The van der Waals surface area contributed by atoms with E-state index in [1.807, 2.05) is 12.1 Å². The number of nitrogens with one attached hydrogen (secondary N) is 1. The van der Waals surface area contributed by atoms with Crippen molar-refractivity contribution in [3.8, 4) is 0 Å². The molecular formula is C28H44N4O5S. The van der Waals surface area contributed by atoms with E-state index < -0.39 is 27.7 Å². The Bertz CT molecular complexity index is 1080. The molecule has 2 amide bonds. The Kier molecular flexibility index (Phi) is 9.17. The number of rotatable bonds is 9. The smallest absolute Gasteiger partial charge is 0.248 e. The number of piperazine rings is 1. The maximum absolute atomic E-state index is 13.8. The molecule has 2 atom stereocenters.